The Morgan fingerprint density at radius 3 is 3.09 bits per heavy atom. The summed E-state index contributed by atoms with van der Waals surface area (Å²) in [6.07, 6.45) is 1.62. The molecule has 1 amide bonds. The maximum absolute atomic E-state index is 12.3. The Morgan fingerprint density at radius 2 is 2.43 bits per heavy atom. The van der Waals surface area contributed by atoms with Gasteiger partial charge in [-0.1, -0.05) is 22.9 Å². The van der Waals surface area contributed by atoms with E-state index in [0.29, 0.717) is 15.4 Å². The Labute approximate surface area is 154 Å². The van der Waals surface area contributed by atoms with Crippen molar-refractivity contribution >= 4 is 55.7 Å². The second-order valence-electron chi connectivity index (χ2n) is 4.73. The van der Waals surface area contributed by atoms with E-state index >= 15 is 0 Å². The van der Waals surface area contributed by atoms with Crippen LogP contribution in [0.15, 0.2) is 10.7 Å². The van der Waals surface area contributed by atoms with E-state index in [4.69, 9.17) is 20.5 Å². The molecule has 2 N–H and O–H groups in total. The maximum atomic E-state index is 12.3. The van der Waals surface area contributed by atoms with Gasteiger partial charge in [0.2, 0.25) is 17.7 Å². The fraction of sp³-hybridized carbons (Fsp3) is 0.385. The minimum absolute atomic E-state index is 0.0406. The van der Waals surface area contributed by atoms with E-state index in [2.05, 4.69) is 41.5 Å². The van der Waals surface area contributed by atoms with Gasteiger partial charge < -0.3 is 15.4 Å². The Balaban J connectivity index is 1.98. The first kappa shape index (κ1) is 12.9. The zero-order valence-corrected chi connectivity index (χ0v) is 15.0. The number of anilines is 2. The summed E-state index contributed by atoms with van der Waals surface area (Å²) < 4.78 is 29.2. The molecule has 0 aromatic carbocycles. The van der Waals surface area contributed by atoms with Crippen LogP contribution in [0.3, 0.4) is 0 Å². The van der Waals surface area contributed by atoms with Crippen molar-refractivity contribution < 1.29 is 13.6 Å². The lowest BCUT2D eigenvalue weighted by Crippen LogP contribution is -2.32. The van der Waals surface area contributed by atoms with Crippen molar-refractivity contribution in [3.05, 3.63) is 20.8 Å². The van der Waals surface area contributed by atoms with Crippen molar-refractivity contribution in [3.63, 3.8) is 0 Å². The number of nitrogens with zero attached hydrogens (tertiary/aromatic N) is 3. The third-order valence-electron chi connectivity index (χ3n) is 3.25. The van der Waals surface area contributed by atoms with Crippen molar-refractivity contribution in [1.29, 1.82) is 0 Å². The third-order valence-corrected chi connectivity index (χ3v) is 5.32. The zero-order valence-electron chi connectivity index (χ0n) is 14.8. The van der Waals surface area contributed by atoms with E-state index in [0.717, 1.165) is 11.3 Å². The first-order chi connectivity index (χ1) is 12.2. The first-order valence-corrected chi connectivity index (χ1v) is 8.46. The number of methoxy groups -OCH3 is 1. The molecule has 23 heavy (non-hydrogen) atoms. The summed E-state index contributed by atoms with van der Waals surface area (Å²) in [5.74, 6) is -0.0607. The average molecular weight is 422 g/mol. The largest absolute Gasteiger partial charge is 0.480 e. The van der Waals surface area contributed by atoms with Crippen LogP contribution in [0.25, 0.3) is 0 Å². The molecule has 122 valence electrons. The predicted octanol–water partition coefficient (Wildman–Crippen LogP) is 2.88. The summed E-state index contributed by atoms with van der Waals surface area (Å²) in [5.41, 5.74) is -1.71. The Morgan fingerprint density at radius 1 is 1.61 bits per heavy atom. The van der Waals surface area contributed by atoms with Gasteiger partial charge in [-0.05, 0) is 29.2 Å². The lowest BCUT2D eigenvalue weighted by Gasteiger charge is -2.16. The van der Waals surface area contributed by atoms with Crippen LogP contribution in [0.1, 0.15) is 22.4 Å². The smallest absolute Gasteiger partial charge is 0.232 e. The first-order valence-electron chi connectivity index (χ1n) is 7.97. The number of amides is 1. The highest BCUT2D eigenvalue weighted by Gasteiger charge is 2.42. The summed E-state index contributed by atoms with van der Waals surface area (Å²) >= 11 is 10.4. The monoisotopic (exact) mass is 420 g/mol. The minimum Gasteiger partial charge on any atom is -0.480 e. The molecule has 1 aliphatic rings. The van der Waals surface area contributed by atoms with Crippen LogP contribution in [-0.2, 0) is 10.2 Å². The maximum Gasteiger partial charge on any atom is 0.232 e. The van der Waals surface area contributed by atoms with Gasteiger partial charge in [-0.3, -0.25) is 4.79 Å². The zero-order chi connectivity index (χ0) is 19.1. The molecule has 0 spiro atoms. The second-order valence-corrected chi connectivity index (χ2v) is 6.94. The highest BCUT2D eigenvalue weighted by atomic mass is 79.9. The van der Waals surface area contributed by atoms with Gasteiger partial charge in [-0.25, -0.2) is 9.97 Å². The molecule has 3 rings (SSSR count). The minimum atomic E-state index is -2.55. The number of rotatable bonds is 4. The molecular formula is C13H13BrClN5O2S. The molecule has 1 fully saturated rings. The molecule has 0 radical (unpaired) electrons. The molecule has 10 heteroatoms. The highest BCUT2D eigenvalue weighted by Crippen LogP contribution is 2.40. The van der Waals surface area contributed by atoms with Crippen molar-refractivity contribution in [2.75, 3.05) is 19.0 Å². The lowest BCUT2D eigenvalue weighted by molar-refractivity contribution is -0.123. The van der Waals surface area contributed by atoms with Crippen molar-refractivity contribution in [1.82, 2.24) is 20.3 Å². The molecular weight excluding hydrogens is 406 g/mol. The van der Waals surface area contributed by atoms with Crippen LogP contribution in [0, 0.1) is 0 Å². The third kappa shape index (κ3) is 3.00. The fourth-order valence-corrected chi connectivity index (χ4v) is 3.67. The lowest BCUT2D eigenvalue weighted by atomic mass is 9.90. The normalized spacial score (nSPS) is 22.9. The number of nitrogens with one attached hydrogen (secondary N) is 2. The molecule has 3 heterocycles. The molecule has 1 atom stereocenters. The van der Waals surface area contributed by atoms with Crippen molar-refractivity contribution in [3.8, 4) is 5.88 Å². The summed E-state index contributed by atoms with van der Waals surface area (Å²) in [4.78, 5) is 24.7. The van der Waals surface area contributed by atoms with E-state index in [1.165, 1.54) is 13.3 Å². The van der Waals surface area contributed by atoms with Gasteiger partial charge >= 0.3 is 0 Å². The summed E-state index contributed by atoms with van der Waals surface area (Å²) in [6, 6.07) is 0. The molecule has 1 saturated heterocycles. The molecule has 0 saturated carbocycles. The topological polar surface area (TPSA) is 89.0 Å². The molecule has 2 aromatic heterocycles. The van der Waals surface area contributed by atoms with Gasteiger partial charge in [0.25, 0.3) is 0 Å². The Kier molecular flexibility index (Phi) is 3.49. The van der Waals surface area contributed by atoms with E-state index in [-0.39, 0.29) is 29.1 Å². The summed E-state index contributed by atoms with van der Waals surface area (Å²) in [7, 11) is 1.47. The molecule has 7 nitrogen and oxygen atoms in total. The second kappa shape index (κ2) is 6.21. The van der Waals surface area contributed by atoms with Gasteiger partial charge in [0, 0.05) is 10.7 Å². The number of thiazole rings is 1. The number of carbonyl (C=O) groups excluding carboxylic acids is 1. The molecule has 0 aliphatic carbocycles. The van der Waals surface area contributed by atoms with Crippen LogP contribution in [-0.4, -0.2) is 34.5 Å². The molecule has 0 bridgehead atoms. The van der Waals surface area contributed by atoms with Gasteiger partial charge in [-0.2, -0.15) is 4.98 Å². The van der Waals surface area contributed by atoms with Gasteiger partial charge in [0.15, 0.2) is 5.15 Å². The van der Waals surface area contributed by atoms with E-state index < -0.39 is 18.2 Å². The Hall–Kier alpha value is -1.45. The molecule has 2 aromatic rings. The highest BCUT2D eigenvalue weighted by molar-refractivity contribution is 9.10. The van der Waals surface area contributed by atoms with Gasteiger partial charge in [0.05, 0.1) is 23.2 Å². The standard InChI is InChI=1S/C13H13BrClN5O2S/c1-13(3-4-16-10(13)21)11-18-7(15)9(23-11)20-12-17-5-6(14)8(19-12)22-2/h5H,3-4H2,1-2H3,(H,16,21)(H,17,19,20)/t13-/m0/s1/i1D3. The number of aromatic nitrogens is 3. The SMILES string of the molecule is [2H]C([2H])([2H])[C@]1(c2nc(Cl)c(Nc3ncc(Br)c(OC)n3)s2)CCNC1=O. The van der Waals surface area contributed by atoms with Gasteiger partial charge in [0.1, 0.15) is 10.0 Å². The van der Waals surface area contributed by atoms with Crippen LogP contribution in [0.4, 0.5) is 10.9 Å². The quantitative estimate of drug-likeness (QED) is 0.789. The van der Waals surface area contributed by atoms with Crippen molar-refractivity contribution in [2.24, 2.45) is 0 Å². The number of hydrogen-bond donors (Lipinski definition) is 2. The molecule has 0 unspecified atom stereocenters. The van der Waals surface area contributed by atoms with Crippen molar-refractivity contribution in [2.45, 2.75) is 18.7 Å². The van der Waals surface area contributed by atoms with Crippen LogP contribution < -0.4 is 15.4 Å². The van der Waals surface area contributed by atoms with Crippen LogP contribution >= 0.6 is 38.9 Å². The Bertz CT molecular complexity index is 865. The molecule has 1 aliphatic heterocycles. The van der Waals surface area contributed by atoms with E-state index in [9.17, 15) is 4.79 Å². The number of hydrogen-bond acceptors (Lipinski definition) is 7. The number of ether oxygens (including phenoxy) is 1. The van der Waals surface area contributed by atoms with Crippen LogP contribution in [0.5, 0.6) is 5.88 Å². The summed E-state index contributed by atoms with van der Waals surface area (Å²) in [6.45, 7) is -2.28. The fourth-order valence-electron chi connectivity index (χ4n) is 2.05. The number of halogens is 2. The van der Waals surface area contributed by atoms with E-state index in [1.54, 1.807) is 0 Å². The van der Waals surface area contributed by atoms with E-state index in [1.807, 2.05) is 0 Å². The predicted molar refractivity (Wildman–Crippen MR) is 91.7 cm³/mol. The van der Waals surface area contributed by atoms with Crippen LogP contribution in [0.2, 0.25) is 5.15 Å². The number of carbonyl (C=O) groups is 1. The summed E-state index contributed by atoms with van der Waals surface area (Å²) in [5, 5.41) is 5.97. The average Bonchev–Trinajstić information content (AvgIpc) is 3.12. The van der Waals surface area contributed by atoms with Gasteiger partial charge in [-0.15, -0.1) is 0 Å².